The van der Waals surface area contributed by atoms with E-state index in [-0.39, 0.29) is 17.8 Å². The average Bonchev–Trinajstić information content (AvgIpc) is 2.28. The first kappa shape index (κ1) is 12.8. The van der Waals surface area contributed by atoms with Crippen molar-refractivity contribution < 1.29 is 18.3 Å². The molecular formula is C12H14F2O2. The molecule has 0 amide bonds. The average molecular weight is 228 g/mol. The topological polar surface area (TPSA) is 26.3 Å². The Hall–Kier alpha value is -1.29. The van der Waals surface area contributed by atoms with E-state index in [1.807, 2.05) is 6.92 Å². The molecule has 1 aromatic rings. The lowest BCUT2D eigenvalue weighted by atomic mass is 10.1. The van der Waals surface area contributed by atoms with Gasteiger partial charge in [-0.05, 0) is 31.5 Å². The maximum Gasteiger partial charge on any atom is 0.163 e. The maximum atomic E-state index is 12.8. The van der Waals surface area contributed by atoms with Gasteiger partial charge in [-0.25, -0.2) is 8.78 Å². The number of halogens is 2. The van der Waals surface area contributed by atoms with E-state index >= 15 is 0 Å². The van der Waals surface area contributed by atoms with Crippen molar-refractivity contribution in [1.29, 1.82) is 0 Å². The molecule has 0 fully saturated rings. The summed E-state index contributed by atoms with van der Waals surface area (Å²) in [6.45, 7) is 2.99. The Morgan fingerprint density at radius 2 is 2.06 bits per heavy atom. The minimum atomic E-state index is -0.990. The number of rotatable bonds is 6. The fourth-order valence-corrected chi connectivity index (χ4v) is 1.29. The number of ketones is 1. The summed E-state index contributed by atoms with van der Waals surface area (Å²) in [5, 5.41) is 0. The zero-order valence-electron chi connectivity index (χ0n) is 9.13. The summed E-state index contributed by atoms with van der Waals surface area (Å²) in [6.07, 6.45) is 0.872. The Labute approximate surface area is 93.2 Å². The van der Waals surface area contributed by atoms with Crippen LogP contribution in [0, 0.1) is 11.6 Å². The summed E-state index contributed by atoms with van der Waals surface area (Å²) < 4.78 is 30.5. The lowest BCUT2D eigenvalue weighted by Crippen LogP contribution is -2.03. The third-order valence-corrected chi connectivity index (χ3v) is 2.14. The third kappa shape index (κ3) is 3.70. The van der Waals surface area contributed by atoms with Gasteiger partial charge in [0.15, 0.2) is 17.4 Å². The van der Waals surface area contributed by atoms with Crippen LogP contribution >= 0.6 is 0 Å². The first-order valence-corrected chi connectivity index (χ1v) is 5.21. The van der Waals surface area contributed by atoms with Gasteiger partial charge in [0.25, 0.3) is 0 Å². The van der Waals surface area contributed by atoms with Gasteiger partial charge in [-0.15, -0.1) is 0 Å². The minimum Gasteiger partial charge on any atom is -0.382 e. The number of Topliss-reactive ketones (excluding diaryl/α,β-unsaturated/α-hetero) is 1. The molecule has 0 unspecified atom stereocenters. The smallest absolute Gasteiger partial charge is 0.163 e. The van der Waals surface area contributed by atoms with Gasteiger partial charge in [-0.1, -0.05) is 0 Å². The predicted octanol–water partition coefficient (Wildman–Crippen LogP) is 2.96. The fraction of sp³-hybridized carbons (Fsp3) is 0.417. The SMILES string of the molecule is CCOCCCC(=O)c1ccc(F)c(F)c1. The van der Waals surface area contributed by atoms with Crippen LogP contribution in [0.3, 0.4) is 0 Å². The van der Waals surface area contributed by atoms with E-state index in [0.29, 0.717) is 19.6 Å². The number of hydrogen-bond acceptors (Lipinski definition) is 2. The lowest BCUT2D eigenvalue weighted by Gasteiger charge is -2.02. The van der Waals surface area contributed by atoms with E-state index in [2.05, 4.69) is 0 Å². The summed E-state index contributed by atoms with van der Waals surface area (Å²) in [4.78, 5) is 11.5. The Morgan fingerprint density at radius 1 is 1.31 bits per heavy atom. The Kier molecular flexibility index (Phi) is 5.05. The van der Waals surface area contributed by atoms with Gasteiger partial charge < -0.3 is 4.74 Å². The molecule has 88 valence electrons. The van der Waals surface area contributed by atoms with E-state index in [9.17, 15) is 13.6 Å². The Balaban J connectivity index is 2.50. The molecule has 0 saturated carbocycles. The second-order valence-corrected chi connectivity index (χ2v) is 3.35. The van der Waals surface area contributed by atoms with Gasteiger partial charge in [0.1, 0.15) is 0 Å². The minimum absolute atomic E-state index is 0.196. The summed E-state index contributed by atoms with van der Waals surface area (Å²) in [5.74, 6) is -2.12. The van der Waals surface area contributed by atoms with Gasteiger partial charge >= 0.3 is 0 Å². The van der Waals surface area contributed by atoms with Crippen LogP contribution in [-0.2, 0) is 4.74 Å². The summed E-state index contributed by atoms with van der Waals surface area (Å²) in [6, 6.07) is 3.19. The molecule has 0 aliphatic rings. The highest BCUT2D eigenvalue weighted by Crippen LogP contribution is 2.11. The number of benzene rings is 1. The van der Waals surface area contributed by atoms with Crippen molar-refractivity contribution in [3.05, 3.63) is 35.4 Å². The molecule has 16 heavy (non-hydrogen) atoms. The van der Waals surface area contributed by atoms with Gasteiger partial charge in [-0.2, -0.15) is 0 Å². The molecule has 0 heterocycles. The zero-order valence-corrected chi connectivity index (χ0v) is 9.13. The number of ether oxygens (including phenoxy) is 1. The van der Waals surface area contributed by atoms with Crippen LogP contribution < -0.4 is 0 Å². The molecular weight excluding hydrogens is 214 g/mol. The van der Waals surface area contributed by atoms with Crippen LogP contribution in [0.15, 0.2) is 18.2 Å². The van der Waals surface area contributed by atoms with Crippen molar-refractivity contribution in [3.63, 3.8) is 0 Å². The fourth-order valence-electron chi connectivity index (χ4n) is 1.29. The van der Waals surface area contributed by atoms with Gasteiger partial charge in [0.2, 0.25) is 0 Å². The first-order valence-electron chi connectivity index (χ1n) is 5.21. The zero-order chi connectivity index (χ0) is 12.0. The predicted molar refractivity (Wildman–Crippen MR) is 56.4 cm³/mol. The highest BCUT2D eigenvalue weighted by Gasteiger charge is 2.09. The molecule has 1 aromatic carbocycles. The Morgan fingerprint density at radius 3 is 2.69 bits per heavy atom. The second-order valence-electron chi connectivity index (χ2n) is 3.35. The van der Waals surface area contributed by atoms with Crippen LogP contribution in [0.2, 0.25) is 0 Å². The number of carbonyl (C=O) groups is 1. The number of hydrogen-bond donors (Lipinski definition) is 0. The maximum absolute atomic E-state index is 12.8. The van der Waals surface area contributed by atoms with Crippen molar-refractivity contribution in [1.82, 2.24) is 0 Å². The van der Waals surface area contributed by atoms with Gasteiger partial charge in [-0.3, -0.25) is 4.79 Å². The van der Waals surface area contributed by atoms with E-state index in [1.165, 1.54) is 6.07 Å². The Bertz CT molecular complexity index is 364. The largest absolute Gasteiger partial charge is 0.382 e. The second kappa shape index (κ2) is 6.33. The van der Waals surface area contributed by atoms with Crippen LogP contribution in [0.5, 0.6) is 0 Å². The van der Waals surface area contributed by atoms with E-state index in [0.717, 1.165) is 12.1 Å². The molecule has 0 aromatic heterocycles. The molecule has 0 aliphatic carbocycles. The van der Waals surface area contributed by atoms with Gasteiger partial charge in [0.05, 0.1) is 0 Å². The van der Waals surface area contributed by atoms with Crippen LogP contribution in [-0.4, -0.2) is 19.0 Å². The standard InChI is InChI=1S/C12H14F2O2/c1-2-16-7-3-4-12(15)9-5-6-10(13)11(14)8-9/h5-6,8H,2-4,7H2,1H3. The molecule has 0 spiro atoms. The molecule has 0 aliphatic heterocycles. The molecule has 0 N–H and O–H groups in total. The van der Waals surface area contributed by atoms with Gasteiger partial charge in [0, 0.05) is 25.2 Å². The summed E-state index contributed by atoms with van der Waals surface area (Å²) in [5.41, 5.74) is 0.204. The van der Waals surface area contributed by atoms with E-state index < -0.39 is 11.6 Å². The molecule has 0 atom stereocenters. The van der Waals surface area contributed by atoms with Crippen molar-refractivity contribution >= 4 is 5.78 Å². The van der Waals surface area contributed by atoms with Crippen LogP contribution in [0.25, 0.3) is 0 Å². The first-order chi connectivity index (χ1) is 7.65. The van der Waals surface area contributed by atoms with E-state index in [4.69, 9.17) is 4.74 Å². The van der Waals surface area contributed by atoms with Crippen LogP contribution in [0.4, 0.5) is 8.78 Å². The van der Waals surface area contributed by atoms with E-state index in [1.54, 1.807) is 0 Å². The number of carbonyl (C=O) groups excluding carboxylic acids is 1. The quantitative estimate of drug-likeness (QED) is 0.552. The molecule has 0 radical (unpaired) electrons. The van der Waals surface area contributed by atoms with Crippen molar-refractivity contribution in [3.8, 4) is 0 Å². The monoisotopic (exact) mass is 228 g/mol. The molecule has 0 bridgehead atoms. The third-order valence-electron chi connectivity index (χ3n) is 2.14. The van der Waals surface area contributed by atoms with Crippen molar-refractivity contribution in [2.75, 3.05) is 13.2 Å². The molecule has 0 saturated heterocycles. The summed E-state index contributed by atoms with van der Waals surface area (Å²) >= 11 is 0. The lowest BCUT2D eigenvalue weighted by molar-refractivity contribution is 0.0946. The summed E-state index contributed by atoms with van der Waals surface area (Å²) in [7, 11) is 0. The molecule has 4 heteroatoms. The highest BCUT2D eigenvalue weighted by atomic mass is 19.2. The van der Waals surface area contributed by atoms with Crippen LogP contribution in [0.1, 0.15) is 30.1 Å². The highest BCUT2D eigenvalue weighted by molar-refractivity contribution is 5.95. The molecule has 1 rings (SSSR count). The van der Waals surface area contributed by atoms with Crippen molar-refractivity contribution in [2.45, 2.75) is 19.8 Å². The molecule has 2 nitrogen and oxygen atoms in total. The van der Waals surface area contributed by atoms with Crippen molar-refractivity contribution in [2.24, 2.45) is 0 Å². The normalized spacial score (nSPS) is 10.4.